The molecule has 4 heterocycles. The number of esters is 1. The summed E-state index contributed by atoms with van der Waals surface area (Å²) in [5.74, 6) is -0.481. The van der Waals surface area contributed by atoms with Crippen LogP contribution in [0, 0.1) is 11.8 Å². The number of benzene rings is 2. The maximum absolute atomic E-state index is 12.9. The standard InChI is InChI=1S/C22H30N2O6S.C21H30N2O5S/c1-13(2)19-17-11-14-10-15(20(25)29-6)18(31(7,27)28)12-16(14)23(17)8-9-24(19)21(26)30-22(3,4)5;1-13(2)19-17-10-14-9-15(12-24)18(29(6,26)27)11-16(14)22(17)7-8-23(19)20(25)28-21(3,4)5/h10-13,19H,8-9H2,1-7H3;9-11,13,19,24H,7-8,12H2,1-6H3/t2*19-/m11/s1. The second-order valence-corrected chi connectivity index (χ2v) is 22.3. The monoisotopic (exact) mass is 872 g/mol. The lowest BCUT2D eigenvalue weighted by atomic mass is 9.97. The minimum Gasteiger partial charge on any atom is -0.465 e. The lowest BCUT2D eigenvalue weighted by Crippen LogP contribution is -2.46. The normalized spacial score (nSPS) is 17.3. The van der Waals surface area contributed by atoms with E-state index in [0.717, 1.165) is 40.2 Å². The molecule has 15 nitrogen and oxygen atoms in total. The Bertz CT molecular complexity index is 2540. The molecule has 0 saturated carbocycles. The van der Waals surface area contributed by atoms with E-state index >= 15 is 0 Å². The van der Waals surface area contributed by atoms with Gasteiger partial charge in [-0.15, -0.1) is 0 Å². The van der Waals surface area contributed by atoms with E-state index in [9.17, 15) is 36.3 Å². The molecule has 4 aromatic rings. The highest BCUT2D eigenvalue weighted by Gasteiger charge is 2.39. The summed E-state index contributed by atoms with van der Waals surface area (Å²) in [5.41, 5.74) is 2.53. The first kappa shape index (κ1) is 46.5. The van der Waals surface area contributed by atoms with E-state index in [4.69, 9.17) is 14.2 Å². The van der Waals surface area contributed by atoms with E-state index in [1.165, 1.54) is 13.2 Å². The van der Waals surface area contributed by atoms with Gasteiger partial charge in [-0.3, -0.25) is 9.80 Å². The summed E-state index contributed by atoms with van der Waals surface area (Å²) in [5, 5.41) is 11.2. The van der Waals surface area contributed by atoms with Crippen molar-refractivity contribution in [1.29, 1.82) is 0 Å². The highest BCUT2D eigenvalue weighted by Crippen LogP contribution is 2.40. The molecule has 2 atom stereocenters. The Morgan fingerprint density at radius 2 is 1.07 bits per heavy atom. The Kier molecular flexibility index (Phi) is 12.9. The molecule has 0 aliphatic carbocycles. The first-order chi connectivity index (χ1) is 27.6. The third-order valence-corrected chi connectivity index (χ3v) is 12.8. The van der Waals surface area contributed by atoms with E-state index < -0.39 is 36.8 Å². The summed E-state index contributed by atoms with van der Waals surface area (Å²) in [6, 6.07) is 9.91. The SMILES string of the molecule is CC(C)[C@@H]1c2cc3cc(CO)c(S(C)(=O)=O)cc3n2CCN1C(=O)OC(C)(C)C.COC(=O)c1cc2cc3n(c2cc1S(C)(=O)=O)CCN(C(=O)OC(C)(C)C)[C@@H]3C(C)C. The molecule has 2 aliphatic heterocycles. The van der Waals surface area contributed by atoms with Gasteiger partial charge in [0.1, 0.15) is 11.2 Å². The number of sulfone groups is 2. The Morgan fingerprint density at radius 1 is 0.667 bits per heavy atom. The number of hydrogen-bond acceptors (Lipinski definition) is 11. The van der Waals surface area contributed by atoms with Gasteiger partial charge in [0.15, 0.2) is 19.7 Å². The second-order valence-electron chi connectivity index (χ2n) is 18.3. The third kappa shape index (κ3) is 9.62. The summed E-state index contributed by atoms with van der Waals surface area (Å²) in [6.07, 6.45) is 1.49. The fourth-order valence-corrected chi connectivity index (χ4v) is 9.96. The van der Waals surface area contributed by atoms with Gasteiger partial charge in [-0.1, -0.05) is 27.7 Å². The molecule has 2 amide bonds. The molecule has 1 N–H and O–H groups in total. The second kappa shape index (κ2) is 16.7. The summed E-state index contributed by atoms with van der Waals surface area (Å²) in [7, 11) is -5.91. The minimum absolute atomic E-state index is 0.00513. The maximum atomic E-state index is 12.9. The van der Waals surface area contributed by atoms with Crippen molar-refractivity contribution in [3.05, 3.63) is 58.9 Å². The Morgan fingerprint density at radius 3 is 1.42 bits per heavy atom. The number of ether oxygens (including phenoxy) is 3. The van der Waals surface area contributed by atoms with Crippen molar-refractivity contribution in [1.82, 2.24) is 18.9 Å². The van der Waals surface area contributed by atoms with Crippen LogP contribution in [0.5, 0.6) is 0 Å². The number of rotatable bonds is 6. The summed E-state index contributed by atoms with van der Waals surface area (Å²) in [6.45, 7) is 20.8. The number of aromatic nitrogens is 2. The largest absolute Gasteiger partial charge is 0.465 e. The molecule has 60 heavy (non-hydrogen) atoms. The number of hydrogen-bond donors (Lipinski definition) is 1. The van der Waals surface area contributed by atoms with Gasteiger partial charge in [0.05, 0.1) is 41.2 Å². The highest BCUT2D eigenvalue weighted by molar-refractivity contribution is 7.91. The van der Waals surface area contributed by atoms with Crippen molar-refractivity contribution in [2.24, 2.45) is 11.8 Å². The topological polar surface area (TPSA) is 184 Å². The molecule has 17 heteroatoms. The van der Waals surface area contributed by atoms with E-state index in [1.807, 2.05) is 72.1 Å². The summed E-state index contributed by atoms with van der Waals surface area (Å²) >= 11 is 0. The zero-order valence-electron chi connectivity index (χ0n) is 36.9. The fourth-order valence-electron chi connectivity index (χ4n) is 8.17. The molecule has 0 unspecified atom stereocenters. The average Bonchev–Trinajstić information content (AvgIpc) is 3.67. The molecule has 2 aromatic heterocycles. The van der Waals surface area contributed by atoms with E-state index in [-0.39, 0.29) is 58.1 Å². The zero-order chi connectivity index (χ0) is 45.0. The lowest BCUT2D eigenvalue weighted by molar-refractivity contribution is 0.00399. The minimum atomic E-state index is -3.66. The van der Waals surface area contributed by atoms with Crippen molar-refractivity contribution in [2.45, 2.75) is 122 Å². The van der Waals surface area contributed by atoms with Crippen LogP contribution in [0.3, 0.4) is 0 Å². The van der Waals surface area contributed by atoms with Gasteiger partial charge in [0, 0.05) is 71.9 Å². The highest BCUT2D eigenvalue weighted by atomic mass is 32.2. The molecule has 0 spiro atoms. The van der Waals surface area contributed by atoms with Crippen LogP contribution >= 0.6 is 0 Å². The first-order valence-corrected chi connectivity index (χ1v) is 23.8. The number of nitrogens with zero attached hydrogens (tertiary/aromatic N) is 4. The molecule has 2 aliphatic rings. The predicted octanol–water partition coefficient (Wildman–Crippen LogP) is 7.26. The van der Waals surface area contributed by atoms with Crippen molar-refractivity contribution in [3.63, 3.8) is 0 Å². The molecule has 0 bridgehead atoms. The molecule has 0 radical (unpaired) electrons. The molecule has 0 fully saturated rings. The number of methoxy groups -OCH3 is 1. The Balaban J connectivity index is 0.000000228. The molecule has 0 saturated heterocycles. The van der Waals surface area contributed by atoms with Gasteiger partial charge in [-0.05, 0) is 95.3 Å². The van der Waals surface area contributed by atoms with Crippen molar-refractivity contribution in [2.75, 3.05) is 32.7 Å². The van der Waals surface area contributed by atoms with Gasteiger partial charge >= 0.3 is 18.2 Å². The number of carbonyl (C=O) groups is 3. The molecule has 330 valence electrons. The number of carbonyl (C=O) groups excluding carboxylic acids is 3. The zero-order valence-corrected chi connectivity index (χ0v) is 38.6. The fraction of sp³-hybridized carbons (Fsp3) is 0.558. The van der Waals surface area contributed by atoms with Crippen LogP contribution in [-0.4, -0.2) is 103 Å². The number of fused-ring (bicyclic) bond motifs is 6. The van der Waals surface area contributed by atoms with Gasteiger partial charge in [0.2, 0.25) is 0 Å². The maximum Gasteiger partial charge on any atom is 0.410 e. The number of amides is 2. The summed E-state index contributed by atoms with van der Waals surface area (Å²) < 4.78 is 69.3. The van der Waals surface area contributed by atoms with Gasteiger partial charge in [-0.2, -0.15) is 0 Å². The van der Waals surface area contributed by atoms with E-state index in [0.29, 0.717) is 37.3 Å². The van der Waals surface area contributed by atoms with Gasteiger partial charge in [-0.25, -0.2) is 31.2 Å². The van der Waals surface area contributed by atoms with Crippen LogP contribution in [0.4, 0.5) is 9.59 Å². The average molecular weight is 873 g/mol. The van der Waals surface area contributed by atoms with E-state index in [2.05, 4.69) is 18.4 Å². The molecular weight excluding hydrogens is 813 g/mol. The molecule has 6 rings (SSSR count). The van der Waals surface area contributed by atoms with Crippen LogP contribution in [0.2, 0.25) is 0 Å². The smallest absolute Gasteiger partial charge is 0.410 e. The van der Waals surface area contributed by atoms with Gasteiger partial charge < -0.3 is 28.5 Å². The van der Waals surface area contributed by atoms with Gasteiger partial charge in [0.25, 0.3) is 0 Å². The predicted molar refractivity (Wildman–Crippen MR) is 228 cm³/mol. The van der Waals surface area contributed by atoms with Crippen LogP contribution < -0.4 is 0 Å². The number of aliphatic hydroxyl groups excluding tert-OH is 1. The van der Waals surface area contributed by atoms with Crippen LogP contribution in [0.25, 0.3) is 21.8 Å². The van der Waals surface area contributed by atoms with Crippen LogP contribution in [0.1, 0.15) is 109 Å². The molecule has 2 aromatic carbocycles. The van der Waals surface area contributed by atoms with Crippen molar-refractivity contribution >= 4 is 59.6 Å². The Labute approximate surface area is 353 Å². The first-order valence-electron chi connectivity index (χ1n) is 20.0. The quantitative estimate of drug-likeness (QED) is 0.152. The van der Waals surface area contributed by atoms with Crippen molar-refractivity contribution in [3.8, 4) is 0 Å². The third-order valence-electron chi connectivity index (χ3n) is 10.5. The molecular formula is C43H60N4O11S2. The lowest BCUT2D eigenvalue weighted by Gasteiger charge is -2.40. The summed E-state index contributed by atoms with van der Waals surface area (Å²) in [4.78, 5) is 41.5. The van der Waals surface area contributed by atoms with Crippen LogP contribution in [-0.2, 0) is 53.6 Å². The number of aliphatic hydroxyl groups is 1. The van der Waals surface area contributed by atoms with E-state index in [1.54, 1.807) is 28.0 Å². The Hall–Kier alpha value is -4.61. The van der Waals surface area contributed by atoms with Crippen molar-refractivity contribution < 1.29 is 50.5 Å². The van der Waals surface area contributed by atoms with Crippen LogP contribution in [0.15, 0.2) is 46.2 Å².